The van der Waals surface area contributed by atoms with Gasteiger partial charge in [-0.3, -0.25) is 4.79 Å². The van der Waals surface area contributed by atoms with Crippen LogP contribution in [-0.4, -0.2) is 17.6 Å². The summed E-state index contributed by atoms with van der Waals surface area (Å²) in [6, 6.07) is 10.3. The van der Waals surface area contributed by atoms with Gasteiger partial charge < -0.3 is 15.2 Å². The smallest absolute Gasteiger partial charge is 0.353 e. The molecule has 6 heteroatoms. The minimum absolute atomic E-state index is 0.0269. The van der Waals surface area contributed by atoms with Crippen molar-refractivity contribution < 1.29 is 23.4 Å². The number of aryl methyl sites for hydroxylation is 1. The fourth-order valence-electron chi connectivity index (χ4n) is 2.23. The number of hydrogen-bond acceptors (Lipinski definition) is 3. The van der Waals surface area contributed by atoms with E-state index in [1.807, 2.05) is 0 Å². The van der Waals surface area contributed by atoms with Gasteiger partial charge in [0.05, 0.1) is 18.8 Å². The maximum Gasteiger partial charge on any atom is 0.353 e. The monoisotopic (exact) mass is 335 g/mol. The first kappa shape index (κ1) is 17.9. The van der Waals surface area contributed by atoms with Crippen molar-refractivity contribution in [2.75, 3.05) is 11.9 Å². The maximum atomic E-state index is 14.6. The summed E-state index contributed by atoms with van der Waals surface area (Å²) in [4.78, 5) is 12.2. The number of anilines is 1. The number of aliphatic hydroxyl groups excluding tert-OH is 1. The average Bonchev–Trinajstić information content (AvgIpc) is 2.57. The Hall–Kier alpha value is -2.47. The van der Waals surface area contributed by atoms with Crippen LogP contribution in [0.3, 0.4) is 0 Å². The summed E-state index contributed by atoms with van der Waals surface area (Å²) in [5.41, 5.74) is 0.892. The van der Waals surface area contributed by atoms with Crippen molar-refractivity contribution in [1.29, 1.82) is 0 Å². The molecule has 4 nitrogen and oxygen atoms in total. The number of halogens is 2. The molecule has 0 heterocycles. The molecule has 0 atom stereocenters. The molecule has 1 amide bonds. The van der Waals surface area contributed by atoms with Crippen LogP contribution < -0.4 is 10.1 Å². The number of rotatable bonds is 6. The lowest BCUT2D eigenvalue weighted by Gasteiger charge is -2.20. The van der Waals surface area contributed by atoms with Crippen LogP contribution in [0, 0.1) is 6.92 Å². The van der Waals surface area contributed by atoms with Gasteiger partial charge in [0.2, 0.25) is 0 Å². The third-order valence-electron chi connectivity index (χ3n) is 3.54. The van der Waals surface area contributed by atoms with E-state index in [0.29, 0.717) is 11.1 Å². The number of ether oxygens (including phenoxy) is 1. The van der Waals surface area contributed by atoms with E-state index < -0.39 is 17.4 Å². The Morgan fingerprint density at radius 1 is 1.25 bits per heavy atom. The third-order valence-corrected chi connectivity index (χ3v) is 3.54. The molecule has 0 aliphatic carbocycles. The zero-order valence-electron chi connectivity index (χ0n) is 13.5. The lowest BCUT2D eigenvalue weighted by atomic mass is 10.1. The van der Waals surface area contributed by atoms with Crippen LogP contribution in [0.15, 0.2) is 42.5 Å². The Morgan fingerprint density at radius 3 is 2.62 bits per heavy atom. The van der Waals surface area contributed by atoms with Gasteiger partial charge in [0.25, 0.3) is 5.91 Å². The van der Waals surface area contributed by atoms with Gasteiger partial charge in [0.1, 0.15) is 5.75 Å². The molecule has 0 radical (unpaired) electrons. The number of carbonyl (C=O) groups excluding carboxylic acids is 1. The molecule has 2 N–H and O–H groups in total. The topological polar surface area (TPSA) is 58.6 Å². The van der Waals surface area contributed by atoms with Crippen molar-refractivity contribution in [2.45, 2.75) is 26.4 Å². The molecule has 0 fully saturated rings. The molecular formula is C18H19F2NO3. The number of amides is 1. The summed E-state index contributed by atoms with van der Waals surface area (Å²) in [6.07, 6.45) is 0. The second-order valence-electron chi connectivity index (χ2n) is 5.27. The second kappa shape index (κ2) is 7.40. The Balaban J connectivity index is 2.31. The van der Waals surface area contributed by atoms with E-state index in [1.165, 1.54) is 24.3 Å². The number of aliphatic hydroxyl groups is 1. The van der Waals surface area contributed by atoms with Crippen LogP contribution in [-0.2, 0) is 17.3 Å². The van der Waals surface area contributed by atoms with E-state index in [1.54, 1.807) is 32.0 Å². The first-order valence-electron chi connectivity index (χ1n) is 7.52. The first-order valence-corrected chi connectivity index (χ1v) is 7.52. The summed E-state index contributed by atoms with van der Waals surface area (Å²) in [7, 11) is 0. The van der Waals surface area contributed by atoms with Crippen LogP contribution in [0.5, 0.6) is 5.75 Å². The van der Waals surface area contributed by atoms with Crippen molar-refractivity contribution in [3.63, 3.8) is 0 Å². The Kier molecular flexibility index (Phi) is 5.51. The van der Waals surface area contributed by atoms with Crippen molar-refractivity contribution in [1.82, 2.24) is 0 Å². The lowest BCUT2D eigenvalue weighted by molar-refractivity contribution is -0.141. The molecular weight excluding hydrogens is 316 g/mol. The summed E-state index contributed by atoms with van der Waals surface area (Å²) in [5, 5.41) is 11.4. The normalized spacial score (nSPS) is 11.2. The number of carbonyl (C=O) groups is 1. The van der Waals surface area contributed by atoms with Crippen LogP contribution >= 0.6 is 0 Å². The molecule has 24 heavy (non-hydrogen) atoms. The SMILES string of the molecule is CCOc1ccccc1C(F)(F)C(=O)Nc1cc(CO)ccc1C. The number of benzene rings is 2. The van der Waals surface area contributed by atoms with Gasteiger partial charge in [-0.05, 0) is 43.2 Å². The zero-order valence-corrected chi connectivity index (χ0v) is 13.5. The molecule has 2 rings (SSSR count). The highest BCUT2D eigenvalue weighted by Gasteiger charge is 2.43. The van der Waals surface area contributed by atoms with Crippen LogP contribution in [0.1, 0.15) is 23.6 Å². The molecule has 128 valence electrons. The second-order valence-corrected chi connectivity index (χ2v) is 5.27. The fraction of sp³-hybridized carbons (Fsp3) is 0.278. The van der Waals surface area contributed by atoms with E-state index in [2.05, 4.69) is 5.32 Å². The van der Waals surface area contributed by atoms with Gasteiger partial charge in [0.15, 0.2) is 0 Å². The minimum atomic E-state index is -3.76. The molecule has 0 aromatic heterocycles. The summed E-state index contributed by atoms with van der Waals surface area (Å²) in [5.74, 6) is -5.23. The van der Waals surface area contributed by atoms with Crippen LogP contribution in [0.2, 0.25) is 0 Å². The molecule has 0 bridgehead atoms. The summed E-state index contributed by atoms with van der Waals surface area (Å²) < 4.78 is 34.4. The largest absolute Gasteiger partial charge is 0.493 e. The Bertz CT molecular complexity index is 732. The summed E-state index contributed by atoms with van der Waals surface area (Å²) in [6.45, 7) is 3.33. The van der Waals surface area contributed by atoms with E-state index in [4.69, 9.17) is 9.84 Å². The van der Waals surface area contributed by atoms with Gasteiger partial charge in [-0.2, -0.15) is 8.78 Å². The molecule has 0 saturated heterocycles. The molecule has 0 aliphatic rings. The van der Waals surface area contributed by atoms with Gasteiger partial charge >= 0.3 is 5.92 Å². The van der Waals surface area contributed by atoms with E-state index in [9.17, 15) is 13.6 Å². The minimum Gasteiger partial charge on any atom is -0.493 e. The van der Waals surface area contributed by atoms with Crippen LogP contribution in [0.25, 0.3) is 0 Å². The maximum absolute atomic E-state index is 14.6. The Labute approximate surface area is 139 Å². The standard InChI is InChI=1S/C18H19F2NO3/c1-3-24-16-7-5-4-6-14(16)18(19,20)17(23)21-15-10-13(11-22)9-8-12(15)2/h4-10,22H,3,11H2,1-2H3,(H,21,23). The molecule has 0 aliphatic heterocycles. The first-order chi connectivity index (χ1) is 11.4. The van der Waals surface area contributed by atoms with Crippen molar-refractivity contribution >= 4 is 11.6 Å². The van der Waals surface area contributed by atoms with Crippen molar-refractivity contribution in [3.05, 3.63) is 59.2 Å². The van der Waals surface area contributed by atoms with Gasteiger partial charge in [0, 0.05) is 5.69 Å². The molecule has 2 aromatic rings. The highest BCUT2D eigenvalue weighted by molar-refractivity contribution is 5.97. The molecule has 0 saturated carbocycles. The quantitative estimate of drug-likeness (QED) is 0.848. The van der Waals surface area contributed by atoms with Crippen LogP contribution in [0.4, 0.5) is 14.5 Å². The molecule has 2 aromatic carbocycles. The van der Waals surface area contributed by atoms with Gasteiger partial charge in [-0.15, -0.1) is 0 Å². The van der Waals surface area contributed by atoms with Gasteiger partial charge in [-0.25, -0.2) is 0 Å². The molecule has 0 unspecified atom stereocenters. The highest BCUT2D eigenvalue weighted by atomic mass is 19.3. The third kappa shape index (κ3) is 3.71. The fourth-order valence-corrected chi connectivity index (χ4v) is 2.23. The number of alkyl halides is 2. The predicted octanol–water partition coefficient (Wildman–Crippen LogP) is 3.62. The average molecular weight is 335 g/mol. The number of nitrogens with one attached hydrogen (secondary N) is 1. The zero-order chi connectivity index (χ0) is 17.7. The number of hydrogen-bond donors (Lipinski definition) is 2. The predicted molar refractivity (Wildman–Crippen MR) is 87.2 cm³/mol. The Morgan fingerprint density at radius 2 is 1.96 bits per heavy atom. The number of para-hydroxylation sites is 1. The van der Waals surface area contributed by atoms with E-state index >= 15 is 0 Å². The van der Waals surface area contributed by atoms with E-state index in [-0.39, 0.29) is 24.7 Å². The van der Waals surface area contributed by atoms with E-state index in [0.717, 1.165) is 0 Å². The lowest BCUT2D eigenvalue weighted by Crippen LogP contribution is -2.33. The summed E-state index contributed by atoms with van der Waals surface area (Å²) >= 11 is 0. The molecule has 0 spiro atoms. The van der Waals surface area contributed by atoms with Gasteiger partial charge in [-0.1, -0.05) is 24.3 Å². The van der Waals surface area contributed by atoms with Crippen molar-refractivity contribution in [2.24, 2.45) is 0 Å². The highest BCUT2D eigenvalue weighted by Crippen LogP contribution is 2.36. The van der Waals surface area contributed by atoms with Crippen molar-refractivity contribution in [3.8, 4) is 5.75 Å².